The first-order chi connectivity index (χ1) is 7.38. The van der Waals surface area contributed by atoms with Crippen LogP contribution in [-0.2, 0) is 10.2 Å². The Balaban J connectivity index is 2.19. The van der Waals surface area contributed by atoms with Gasteiger partial charge in [0.15, 0.2) is 0 Å². The van der Waals surface area contributed by atoms with Gasteiger partial charge in [0.1, 0.15) is 0 Å². The Morgan fingerprint density at radius 1 is 1.31 bits per heavy atom. The van der Waals surface area contributed by atoms with E-state index in [1.807, 2.05) is 0 Å². The molecule has 0 aromatic rings. The summed E-state index contributed by atoms with van der Waals surface area (Å²) in [5.74, 6) is 0.539. The number of allylic oxidation sites excluding steroid dienone is 1. The van der Waals surface area contributed by atoms with E-state index in [4.69, 9.17) is 5.14 Å². The van der Waals surface area contributed by atoms with Crippen LogP contribution in [0, 0.1) is 5.92 Å². The third-order valence-corrected chi connectivity index (χ3v) is 4.32. The molecule has 0 atom stereocenters. The van der Waals surface area contributed by atoms with E-state index in [0.29, 0.717) is 19.0 Å². The van der Waals surface area contributed by atoms with Gasteiger partial charge in [0.05, 0.1) is 0 Å². The van der Waals surface area contributed by atoms with Crippen LogP contribution in [0.2, 0.25) is 0 Å². The van der Waals surface area contributed by atoms with Gasteiger partial charge in [-0.2, -0.15) is 12.7 Å². The molecule has 2 rings (SSSR count). The van der Waals surface area contributed by atoms with Crippen LogP contribution < -0.4 is 5.14 Å². The van der Waals surface area contributed by atoms with Crippen molar-refractivity contribution in [1.29, 1.82) is 0 Å². The summed E-state index contributed by atoms with van der Waals surface area (Å²) < 4.78 is 23.8. The molecule has 0 saturated heterocycles. The number of hydrogen-bond acceptors (Lipinski definition) is 2. The van der Waals surface area contributed by atoms with Gasteiger partial charge in [-0.1, -0.05) is 31.1 Å². The van der Waals surface area contributed by atoms with Crippen molar-refractivity contribution >= 4 is 10.2 Å². The Morgan fingerprint density at radius 3 is 2.56 bits per heavy atom. The van der Waals surface area contributed by atoms with Crippen molar-refractivity contribution in [2.24, 2.45) is 11.1 Å². The largest absolute Gasteiger partial charge is 0.277 e. The van der Waals surface area contributed by atoms with E-state index >= 15 is 0 Å². The molecule has 0 bridgehead atoms. The van der Waals surface area contributed by atoms with Crippen molar-refractivity contribution in [2.75, 3.05) is 13.1 Å². The highest BCUT2D eigenvalue weighted by Gasteiger charge is 2.29. The molecule has 0 amide bonds. The topological polar surface area (TPSA) is 63.4 Å². The highest BCUT2D eigenvalue weighted by molar-refractivity contribution is 7.86. The van der Waals surface area contributed by atoms with Gasteiger partial charge >= 0.3 is 0 Å². The normalized spacial score (nSPS) is 22.6. The lowest BCUT2D eigenvalue weighted by Crippen LogP contribution is -2.35. The van der Waals surface area contributed by atoms with Crippen molar-refractivity contribution in [3.8, 4) is 0 Å². The van der Waals surface area contributed by atoms with E-state index in [0.717, 1.165) is 18.4 Å². The van der Waals surface area contributed by atoms with Crippen molar-refractivity contribution in [2.45, 2.75) is 26.7 Å². The molecule has 0 fully saturated rings. The standard InChI is InChI=1S/C11H18N2O2S/c1-8(2)9-3-4-10-6-13(16(12,14)15)7-11(10)5-9/h5,8H,3-4,6-7H2,1-2H3,(H2,12,14,15). The monoisotopic (exact) mass is 242 g/mol. The van der Waals surface area contributed by atoms with Crippen molar-refractivity contribution in [3.63, 3.8) is 0 Å². The van der Waals surface area contributed by atoms with Crippen LogP contribution in [0.15, 0.2) is 22.8 Å². The summed E-state index contributed by atoms with van der Waals surface area (Å²) in [7, 11) is -3.54. The number of nitrogens with zero attached hydrogens (tertiary/aromatic N) is 1. The first-order valence-electron chi connectivity index (χ1n) is 5.57. The van der Waals surface area contributed by atoms with Crippen LogP contribution in [0.3, 0.4) is 0 Å². The third kappa shape index (κ3) is 2.21. The summed E-state index contributed by atoms with van der Waals surface area (Å²) in [6.07, 6.45) is 4.19. The maximum absolute atomic E-state index is 11.2. The van der Waals surface area contributed by atoms with Gasteiger partial charge in [-0.15, -0.1) is 0 Å². The second kappa shape index (κ2) is 3.98. The lowest BCUT2D eigenvalue weighted by Gasteiger charge is -2.17. The molecule has 1 aliphatic heterocycles. The molecular weight excluding hydrogens is 224 g/mol. The predicted molar refractivity (Wildman–Crippen MR) is 63.9 cm³/mol. The van der Waals surface area contributed by atoms with Crippen LogP contribution in [0.1, 0.15) is 26.7 Å². The fourth-order valence-corrected chi connectivity index (χ4v) is 2.94. The lowest BCUT2D eigenvalue weighted by atomic mass is 9.88. The Hall–Kier alpha value is -0.650. The average molecular weight is 242 g/mol. The van der Waals surface area contributed by atoms with Crippen LogP contribution >= 0.6 is 0 Å². The maximum Gasteiger partial charge on any atom is 0.277 e. The second-order valence-corrected chi connectivity index (χ2v) is 6.36. The van der Waals surface area contributed by atoms with Gasteiger partial charge < -0.3 is 0 Å². The van der Waals surface area contributed by atoms with Gasteiger partial charge in [-0.25, -0.2) is 5.14 Å². The Kier molecular flexibility index (Phi) is 2.94. The van der Waals surface area contributed by atoms with Gasteiger partial charge in [-0.3, -0.25) is 0 Å². The van der Waals surface area contributed by atoms with E-state index in [1.165, 1.54) is 15.5 Å². The minimum absolute atomic E-state index is 0.449. The molecule has 0 unspecified atom stereocenters. The van der Waals surface area contributed by atoms with Crippen LogP contribution in [0.5, 0.6) is 0 Å². The molecule has 0 aromatic carbocycles. The van der Waals surface area contributed by atoms with Crippen molar-refractivity contribution in [1.82, 2.24) is 4.31 Å². The molecule has 1 heterocycles. The number of nitrogens with two attached hydrogens (primary N) is 1. The second-order valence-electron chi connectivity index (χ2n) is 4.82. The molecular formula is C11H18N2O2S. The molecule has 0 radical (unpaired) electrons. The maximum atomic E-state index is 11.2. The molecule has 2 aliphatic rings. The zero-order valence-electron chi connectivity index (χ0n) is 9.73. The van der Waals surface area contributed by atoms with E-state index in [-0.39, 0.29) is 0 Å². The van der Waals surface area contributed by atoms with Gasteiger partial charge in [0.2, 0.25) is 0 Å². The van der Waals surface area contributed by atoms with Gasteiger partial charge in [-0.05, 0) is 24.3 Å². The van der Waals surface area contributed by atoms with E-state index in [9.17, 15) is 8.42 Å². The Bertz CT molecular complexity index is 460. The molecule has 5 heteroatoms. The first kappa shape index (κ1) is 11.8. The highest BCUT2D eigenvalue weighted by Crippen LogP contribution is 2.33. The fraction of sp³-hybridized carbons (Fsp3) is 0.636. The predicted octanol–water partition coefficient (Wildman–Crippen LogP) is 1.18. The summed E-state index contributed by atoms with van der Waals surface area (Å²) in [5, 5.41) is 5.14. The number of rotatable bonds is 2. The van der Waals surface area contributed by atoms with Crippen LogP contribution in [0.25, 0.3) is 0 Å². The number of hydrogen-bond donors (Lipinski definition) is 1. The summed E-state index contributed by atoms with van der Waals surface area (Å²) >= 11 is 0. The van der Waals surface area contributed by atoms with Gasteiger partial charge in [0, 0.05) is 13.1 Å². The van der Waals surface area contributed by atoms with E-state index in [1.54, 1.807) is 0 Å². The Labute approximate surface area is 97.0 Å². The summed E-state index contributed by atoms with van der Waals surface area (Å²) in [4.78, 5) is 0. The average Bonchev–Trinajstić information content (AvgIpc) is 2.58. The fourth-order valence-electron chi connectivity index (χ4n) is 2.29. The first-order valence-corrected chi connectivity index (χ1v) is 7.07. The molecule has 0 spiro atoms. The highest BCUT2D eigenvalue weighted by atomic mass is 32.2. The molecule has 2 N–H and O–H groups in total. The van der Waals surface area contributed by atoms with Crippen LogP contribution in [-0.4, -0.2) is 25.8 Å². The molecule has 90 valence electrons. The molecule has 1 aliphatic carbocycles. The lowest BCUT2D eigenvalue weighted by molar-refractivity contribution is 0.482. The van der Waals surface area contributed by atoms with Gasteiger partial charge in [0.25, 0.3) is 10.2 Å². The minimum Gasteiger partial charge on any atom is -0.216 e. The summed E-state index contributed by atoms with van der Waals surface area (Å²) in [6.45, 7) is 5.27. The van der Waals surface area contributed by atoms with Crippen molar-refractivity contribution in [3.05, 3.63) is 22.8 Å². The van der Waals surface area contributed by atoms with Crippen LogP contribution in [0.4, 0.5) is 0 Å². The quantitative estimate of drug-likeness (QED) is 0.790. The van der Waals surface area contributed by atoms with E-state index in [2.05, 4.69) is 19.9 Å². The SMILES string of the molecule is CC(C)C1=CC2=C(CC1)CN(S(N)(=O)=O)C2. The van der Waals surface area contributed by atoms with Crippen molar-refractivity contribution < 1.29 is 8.42 Å². The third-order valence-electron chi connectivity index (χ3n) is 3.34. The van der Waals surface area contributed by atoms with E-state index < -0.39 is 10.2 Å². The smallest absolute Gasteiger partial charge is 0.216 e. The summed E-state index contributed by atoms with van der Waals surface area (Å²) in [6, 6.07) is 0. The molecule has 0 aromatic heterocycles. The summed E-state index contributed by atoms with van der Waals surface area (Å²) in [5.41, 5.74) is 3.80. The molecule has 4 nitrogen and oxygen atoms in total. The Morgan fingerprint density at radius 2 is 2.00 bits per heavy atom. The zero-order valence-corrected chi connectivity index (χ0v) is 10.5. The molecule has 0 saturated carbocycles. The minimum atomic E-state index is -3.54. The molecule has 16 heavy (non-hydrogen) atoms. The zero-order chi connectivity index (χ0) is 11.9.